The van der Waals surface area contributed by atoms with Crippen molar-refractivity contribution in [3.63, 3.8) is 0 Å². The van der Waals surface area contributed by atoms with Gasteiger partial charge in [0.05, 0.1) is 18.8 Å². The number of rotatable bonds is 4. The average Bonchev–Trinajstić information content (AvgIpc) is 3.04. The van der Waals surface area contributed by atoms with Crippen LogP contribution in [-0.2, 0) is 4.74 Å². The number of pyridine rings is 1. The smallest absolute Gasteiger partial charge is 0.257 e. The van der Waals surface area contributed by atoms with Crippen molar-refractivity contribution in [3.05, 3.63) is 51.6 Å². The zero-order valence-electron chi connectivity index (χ0n) is 12.1. The van der Waals surface area contributed by atoms with Gasteiger partial charge in [0, 0.05) is 22.8 Å². The van der Waals surface area contributed by atoms with E-state index in [2.05, 4.69) is 26.2 Å². The fourth-order valence-electron chi connectivity index (χ4n) is 2.14. The van der Waals surface area contributed by atoms with Crippen LogP contribution in [-0.4, -0.2) is 30.2 Å². The molecule has 1 saturated heterocycles. The number of ether oxygens (including phenoxy) is 2. The minimum Gasteiger partial charge on any atom is -0.471 e. The van der Waals surface area contributed by atoms with Crippen LogP contribution in [0.25, 0.3) is 0 Å². The van der Waals surface area contributed by atoms with Crippen LogP contribution in [0.2, 0.25) is 5.02 Å². The second-order valence-corrected chi connectivity index (χ2v) is 6.40. The van der Waals surface area contributed by atoms with Crippen molar-refractivity contribution >= 4 is 39.1 Å². The summed E-state index contributed by atoms with van der Waals surface area (Å²) in [5.74, 6) is 0.0415. The number of nitrogens with one attached hydrogen (secondary N) is 1. The number of anilines is 1. The van der Waals surface area contributed by atoms with Gasteiger partial charge < -0.3 is 14.8 Å². The van der Waals surface area contributed by atoms with Gasteiger partial charge in [-0.3, -0.25) is 4.79 Å². The predicted octanol–water partition coefficient (Wildman–Crippen LogP) is 3.92. The molecule has 2 heterocycles. The second-order valence-electron chi connectivity index (χ2n) is 5.08. The molecule has 0 aliphatic carbocycles. The summed E-state index contributed by atoms with van der Waals surface area (Å²) in [4.78, 5) is 16.4. The molecule has 1 aromatic heterocycles. The van der Waals surface area contributed by atoms with E-state index in [1.54, 1.807) is 18.2 Å². The summed E-state index contributed by atoms with van der Waals surface area (Å²) in [7, 11) is 0. The summed E-state index contributed by atoms with van der Waals surface area (Å²) in [6.45, 7) is 1.21. The highest BCUT2D eigenvalue weighted by Gasteiger charge is 2.20. The van der Waals surface area contributed by atoms with Crippen LogP contribution in [0.4, 0.5) is 5.69 Å². The zero-order chi connectivity index (χ0) is 16.2. The quantitative estimate of drug-likeness (QED) is 0.849. The van der Waals surface area contributed by atoms with Gasteiger partial charge in [0.15, 0.2) is 0 Å². The zero-order valence-corrected chi connectivity index (χ0v) is 14.4. The molecule has 3 rings (SSSR count). The molecule has 5 nitrogen and oxygen atoms in total. The third-order valence-corrected chi connectivity index (χ3v) is 4.14. The summed E-state index contributed by atoms with van der Waals surface area (Å²) in [6.07, 6.45) is 2.22. The molecular weight excluding hydrogens is 384 g/mol. The molecule has 0 bridgehead atoms. The molecule has 23 heavy (non-hydrogen) atoms. The summed E-state index contributed by atoms with van der Waals surface area (Å²) >= 11 is 9.51. The maximum atomic E-state index is 12.2. The predicted molar refractivity (Wildman–Crippen MR) is 91.2 cm³/mol. The van der Waals surface area contributed by atoms with Gasteiger partial charge in [-0.2, -0.15) is 0 Å². The molecule has 1 amide bonds. The van der Waals surface area contributed by atoms with Crippen molar-refractivity contribution < 1.29 is 14.3 Å². The van der Waals surface area contributed by atoms with E-state index in [0.717, 1.165) is 10.9 Å². The van der Waals surface area contributed by atoms with Crippen molar-refractivity contribution in [2.45, 2.75) is 12.5 Å². The molecule has 1 aliphatic heterocycles. The maximum absolute atomic E-state index is 12.2. The van der Waals surface area contributed by atoms with Crippen molar-refractivity contribution in [2.75, 3.05) is 18.5 Å². The number of aromatic nitrogens is 1. The minimum atomic E-state index is -0.280. The average molecular weight is 398 g/mol. The SMILES string of the molecule is O=C(Nc1ccc(Br)cc1)c1cnc(OC2CCOC2)c(Cl)c1. The molecule has 0 saturated carbocycles. The lowest BCUT2D eigenvalue weighted by Gasteiger charge is -2.12. The molecule has 1 atom stereocenters. The lowest BCUT2D eigenvalue weighted by atomic mass is 10.2. The Morgan fingerprint density at radius 2 is 2.17 bits per heavy atom. The van der Waals surface area contributed by atoms with E-state index in [9.17, 15) is 4.79 Å². The lowest BCUT2D eigenvalue weighted by Crippen LogP contribution is -2.17. The fraction of sp³-hybridized carbons (Fsp3) is 0.250. The number of halogens is 2. The largest absolute Gasteiger partial charge is 0.471 e. The van der Waals surface area contributed by atoms with E-state index in [1.165, 1.54) is 6.20 Å². The first-order valence-electron chi connectivity index (χ1n) is 7.08. The van der Waals surface area contributed by atoms with E-state index in [-0.39, 0.29) is 12.0 Å². The van der Waals surface area contributed by atoms with Crippen molar-refractivity contribution in [1.29, 1.82) is 0 Å². The first-order chi connectivity index (χ1) is 11.1. The Kier molecular flexibility index (Phi) is 5.15. The van der Waals surface area contributed by atoms with E-state index in [0.29, 0.717) is 35.4 Å². The van der Waals surface area contributed by atoms with Gasteiger partial charge >= 0.3 is 0 Å². The highest BCUT2D eigenvalue weighted by molar-refractivity contribution is 9.10. The number of hydrogen-bond acceptors (Lipinski definition) is 4. The molecule has 2 aromatic rings. The Hall–Kier alpha value is -1.63. The van der Waals surface area contributed by atoms with Gasteiger partial charge in [-0.25, -0.2) is 4.98 Å². The summed E-state index contributed by atoms with van der Waals surface area (Å²) < 4.78 is 11.9. The normalized spacial score (nSPS) is 17.0. The first-order valence-corrected chi connectivity index (χ1v) is 8.26. The molecule has 1 aromatic carbocycles. The molecular formula is C16H14BrClN2O3. The third kappa shape index (κ3) is 4.22. The second kappa shape index (κ2) is 7.29. The molecule has 0 spiro atoms. The topological polar surface area (TPSA) is 60.5 Å². The Balaban J connectivity index is 1.68. The number of nitrogens with zero attached hydrogens (tertiary/aromatic N) is 1. The Morgan fingerprint density at radius 3 is 2.83 bits per heavy atom. The van der Waals surface area contributed by atoms with Crippen LogP contribution in [0.3, 0.4) is 0 Å². The highest BCUT2D eigenvalue weighted by atomic mass is 79.9. The van der Waals surface area contributed by atoms with Crippen molar-refractivity contribution in [3.8, 4) is 5.88 Å². The lowest BCUT2D eigenvalue weighted by molar-refractivity contribution is 0.102. The third-order valence-electron chi connectivity index (χ3n) is 3.34. The van der Waals surface area contributed by atoms with Gasteiger partial charge in [0.1, 0.15) is 11.1 Å². The Morgan fingerprint density at radius 1 is 1.39 bits per heavy atom. The van der Waals surface area contributed by atoms with E-state index >= 15 is 0 Å². The molecule has 1 N–H and O–H groups in total. The van der Waals surface area contributed by atoms with E-state index < -0.39 is 0 Å². The van der Waals surface area contributed by atoms with Gasteiger partial charge in [-0.1, -0.05) is 27.5 Å². The van der Waals surface area contributed by atoms with Crippen LogP contribution >= 0.6 is 27.5 Å². The molecule has 1 aliphatic rings. The monoisotopic (exact) mass is 396 g/mol. The number of carbonyl (C=O) groups is 1. The van der Waals surface area contributed by atoms with Crippen molar-refractivity contribution in [1.82, 2.24) is 4.98 Å². The molecule has 1 fully saturated rings. The van der Waals surface area contributed by atoms with Gasteiger partial charge in [0.25, 0.3) is 5.91 Å². The highest BCUT2D eigenvalue weighted by Crippen LogP contribution is 2.25. The van der Waals surface area contributed by atoms with Crippen LogP contribution in [0.5, 0.6) is 5.88 Å². The Bertz CT molecular complexity index is 703. The van der Waals surface area contributed by atoms with E-state index in [1.807, 2.05) is 12.1 Å². The fourth-order valence-corrected chi connectivity index (χ4v) is 2.61. The standard InChI is InChI=1S/C16H14BrClN2O3/c17-11-1-3-12(4-2-11)20-15(21)10-7-14(18)16(19-8-10)23-13-5-6-22-9-13/h1-4,7-8,13H,5-6,9H2,(H,20,21). The number of carbonyl (C=O) groups excluding carboxylic acids is 1. The van der Waals surface area contributed by atoms with Gasteiger partial charge in [-0.05, 0) is 30.3 Å². The Labute approximate surface area is 147 Å². The maximum Gasteiger partial charge on any atom is 0.257 e. The molecule has 0 radical (unpaired) electrons. The van der Waals surface area contributed by atoms with E-state index in [4.69, 9.17) is 21.1 Å². The van der Waals surface area contributed by atoms with Crippen LogP contribution in [0.15, 0.2) is 41.0 Å². The molecule has 120 valence electrons. The summed E-state index contributed by atoms with van der Waals surface area (Å²) in [5, 5.41) is 3.09. The van der Waals surface area contributed by atoms with Gasteiger partial charge in [-0.15, -0.1) is 0 Å². The number of hydrogen-bond donors (Lipinski definition) is 1. The van der Waals surface area contributed by atoms with Crippen LogP contribution in [0, 0.1) is 0 Å². The molecule has 7 heteroatoms. The molecule has 1 unspecified atom stereocenters. The number of benzene rings is 1. The van der Waals surface area contributed by atoms with Crippen LogP contribution < -0.4 is 10.1 Å². The van der Waals surface area contributed by atoms with Gasteiger partial charge in [0.2, 0.25) is 5.88 Å². The first kappa shape index (κ1) is 16.2. The summed E-state index contributed by atoms with van der Waals surface area (Å²) in [6, 6.07) is 8.85. The van der Waals surface area contributed by atoms with Crippen molar-refractivity contribution in [2.24, 2.45) is 0 Å². The number of amides is 1. The van der Waals surface area contributed by atoms with Crippen LogP contribution in [0.1, 0.15) is 16.8 Å². The summed E-state index contributed by atoms with van der Waals surface area (Å²) in [5.41, 5.74) is 1.06. The minimum absolute atomic E-state index is 0.0394.